The molecule has 7 heteroatoms. The van der Waals surface area contributed by atoms with Gasteiger partial charge in [0.2, 0.25) is 0 Å². The Morgan fingerprint density at radius 2 is 2.32 bits per heavy atom. The standard InChI is InChI=1S/C12H19N5OS/c1-5-7-8(15-11(13)18)6-9-10(14-7)19-12(2,16-9)17(3)4/h6,16H,5H2,1-4H3,(H3,13,15,18). The third kappa shape index (κ3) is 2.62. The lowest BCUT2D eigenvalue weighted by Gasteiger charge is -2.31. The first-order valence-corrected chi connectivity index (χ1v) is 6.92. The molecule has 1 aromatic heterocycles. The molecule has 0 radical (unpaired) electrons. The van der Waals surface area contributed by atoms with Crippen LogP contribution < -0.4 is 16.4 Å². The van der Waals surface area contributed by atoms with Crippen LogP contribution in [-0.2, 0) is 6.42 Å². The fraction of sp³-hybridized carbons (Fsp3) is 0.500. The van der Waals surface area contributed by atoms with E-state index in [0.29, 0.717) is 5.69 Å². The number of fused-ring (bicyclic) bond motifs is 1. The maximum atomic E-state index is 11.0. The van der Waals surface area contributed by atoms with Crippen LogP contribution in [0.4, 0.5) is 16.2 Å². The molecule has 2 amide bonds. The first-order valence-electron chi connectivity index (χ1n) is 6.10. The predicted octanol–water partition coefficient (Wildman–Crippen LogP) is 1.89. The fourth-order valence-electron chi connectivity index (χ4n) is 1.88. The van der Waals surface area contributed by atoms with Crippen LogP contribution in [0.3, 0.4) is 0 Å². The number of nitrogens with zero attached hydrogens (tertiary/aromatic N) is 2. The maximum absolute atomic E-state index is 11.0. The first kappa shape index (κ1) is 14.0. The Bertz CT molecular complexity index is 519. The van der Waals surface area contributed by atoms with Crippen molar-refractivity contribution in [1.82, 2.24) is 9.88 Å². The second kappa shape index (κ2) is 4.90. The van der Waals surface area contributed by atoms with Crippen LogP contribution in [0.1, 0.15) is 19.5 Å². The summed E-state index contributed by atoms with van der Waals surface area (Å²) in [4.78, 5) is 17.5. The van der Waals surface area contributed by atoms with Gasteiger partial charge >= 0.3 is 6.03 Å². The van der Waals surface area contributed by atoms with E-state index in [-0.39, 0.29) is 4.99 Å². The van der Waals surface area contributed by atoms with Crippen LogP contribution in [0.2, 0.25) is 0 Å². The zero-order valence-corrected chi connectivity index (χ0v) is 12.4. The molecule has 0 bridgehead atoms. The van der Waals surface area contributed by atoms with Gasteiger partial charge in [0.25, 0.3) is 0 Å². The molecule has 19 heavy (non-hydrogen) atoms. The molecule has 6 nitrogen and oxygen atoms in total. The molecule has 0 saturated carbocycles. The van der Waals surface area contributed by atoms with Gasteiger partial charge in [0.1, 0.15) is 10.0 Å². The van der Waals surface area contributed by atoms with Crippen LogP contribution in [0.5, 0.6) is 0 Å². The zero-order valence-electron chi connectivity index (χ0n) is 11.6. The molecule has 1 atom stereocenters. The highest BCUT2D eigenvalue weighted by atomic mass is 32.2. The number of carbonyl (C=O) groups is 1. The highest BCUT2D eigenvalue weighted by Gasteiger charge is 2.36. The largest absolute Gasteiger partial charge is 0.356 e. The number of nitrogens with two attached hydrogens (primary N) is 1. The molecular weight excluding hydrogens is 262 g/mol. The van der Waals surface area contributed by atoms with Crippen molar-refractivity contribution in [3.63, 3.8) is 0 Å². The van der Waals surface area contributed by atoms with Gasteiger partial charge in [-0.3, -0.25) is 4.90 Å². The normalized spacial score (nSPS) is 21.1. The topological polar surface area (TPSA) is 83.3 Å². The van der Waals surface area contributed by atoms with E-state index in [1.165, 1.54) is 0 Å². The van der Waals surface area contributed by atoms with Gasteiger partial charge in [0.05, 0.1) is 17.1 Å². The summed E-state index contributed by atoms with van der Waals surface area (Å²) in [6.45, 7) is 4.09. The number of thioether (sulfide) groups is 1. The number of aromatic nitrogens is 1. The van der Waals surface area contributed by atoms with E-state index in [1.807, 2.05) is 27.1 Å². The highest BCUT2D eigenvalue weighted by Crippen LogP contribution is 2.46. The molecule has 1 unspecified atom stereocenters. The van der Waals surface area contributed by atoms with E-state index in [1.54, 1.807) is 11.8 Å². The van der Waals surface area contributed by atoms with Gasteiger partial charge in [-0.1, -0.05) is 18.7 Å². The van der Waals surface area contributed by atoms with Crippen molar-refractivity contribution in [3.05, 3.63) is 11.8 Å². The Balaban J connectivity index is 2.38. The van der Waals surface area contributed by atoms with Crippen molar-refractivity contribution in [2.24, 2.45) is 5.73 Å². The van der Waals surface area contributed by atoms with E-state index in [0.717, 1.165) is 22.8 Å². The summed E-state index contributed by atoms with van der Waals surface area (Å²) < 4.78 is 0. The lowest BCUT2D eigenvalue weighted by Crippen LogP contribution is -2.42. The smallest absolute Gasteiger partial charge is 0.316 e. The van der Waals surface area contributed by atoms with Crippen LogP contribution in [0.15, 0.2) is 11.1 Å². The SMILES string of the molecule is CCc1nc2c(cc1NC(N)=O)NC(C)(N(C)C)S2. The highest BCUT2D eigenvalue weighted by molar-refractivity contribution is 8.01. The molecule has 2 heterocycles. The third-order valence-corrected chi connectivity index (χ3v) is 4.54. The van der Waals surface area contributed by atoms with Crippen LogP contribution >= 0.6 is 11.8 Å². The van der Waals surface area contributed by atoms with E-state index in [4.69, 9.17) is 5.73 Å². The average molecular weight is 281 g/mol. The molecule has 0 saturated heterocycles. The molecule has 2 rings (SSSR count). The number of pyridine rings is 1. The summed E-state index contributed by atoms with van der Waals surface area (Å²) in [5.41, 5.74) is 7.62. The minimum atomic E-state index is -0.572. The number of amides is 2. The number of hydrogen-bond donors (Lipinski definition) is 3. The maximum Gasteiger partial charge on any atom is 0.316 e. The van der Waals surface area contributed by atoms with E-state index in [9.17, 15) is 4.79 Å². The number of primary amides is 1. The summed E-state index contributed by atoms with van der Waals surface area (Å²) in [6.07, 6.45) is 0.738. The van der Waals surface area contributed by atoms with Crippen molar-refractivity contribution in [3.8, 4) is 0 Å². The Morgan fingerprint density at radius 1 is 1.63 bits per heavy atom. The number of nitrogens with one attached hydrogen (secondary N) is 2. The second-order valence-corrected chi connectivity index (χ2v) is 6.17. The van der Waals surface area contributed by atoms with Crippen molar-refractivity contribution < 1.29 is 4.79 Å². The second-order valence-electron chi connectivity index (χ2n) is 4.78. The van der Waals surface area contributed by atoms with Gasteiger partial charge in [-0.25, -0.2) is 9.78 Å². The summed E-state index contributed by atoms with van der Waals surface area (Å²) in [5, 5.41) is 6.98. The minimum absolute atomic E-state index is 0.230. The summed E-state index contributed by atoms with van der Waals surface area (Å²) in [7, 11) is 4.02. The Kier molecular flexibility index (Phi) is 3.60. The van der Waals surface area contributed by atoms with Gasteiger partial charge < -0.3 is 16.4 Å². The lowest BCUT2D eigenvalue weighted by molar-refractivity contribution is 0.259. The zero-order chi connectivity index (χ0) is 14.2. The Hall–Kier alpha value is -1.47. The van der Waals surface area contributed by atoms with Gasteiger partial charge in [0.15, 0.2) is 0 Å². The molecule has 0 spiro atoms. The molecule has 1 aromatic rings. The van der Waals surface area contributed by atoms with Gasteiger partial charge in [-0.05, 0) is 33.5 Å². The molecule has 0 fully saturated rings. The molecule has 104 valence electrons. The number of anilines is 2. The quantitative estimate of drug-likeness (QED) is 0.788. The summed E-state index contributed by atoms with van der Waals surface area (Å²) in [6, 6.07) is 1.32. The number of carbonyl (C=O) groups excluding carboxylic acids is 1. The van der Waals surface area contributed by atoms with Crippen LogP contribution in [-0.4, -0.2) is 35.0 Å². The summed E-state index contributed by atoms with van der Waals surface area (Å²) in [5.74, 6) is 0. The fourth-order valence-corrected chi connectivity index (χ4v) is 2.97. The first-order chi connectivity index (χ1) is 8.85. The van der Waals surface area contributed by atoms with Crippen LogP contribution in [0.25, 0.3) is 0 Å². The molecule has 1 aliphatic rings. The van der Waals surface area contributed by atoms with Gasteiger partial charge in [0, 0.05) is 0 Å². The summed E-state index contributed by atoms with van der Waals surface area (Å²) >= 11 is 1.66. The average Bonchev–Trinajstić information content (AvgIpc) is 2.64. The predicted molar refractivity (Wildman–Crippen MR) is 78.4 cm³/mol. The number of aryl methyl sites for hydroxylation is 1. The Morgan fingerprint density at radius 3 is 2.84 bits per heavy atom. The third-order valence-electron chi connectivity index (χ3n) is 3.17. The number of hydrogen-bond acceptors (Lipinski definition) is 5. The molecule has 1 aliphatic heterocycles. The molecule has 0 aromatic carbocycles. The van der Waals surface area contributed by atoms with E-state index < -0.39 is 6.03 Å². The van der Waals surface area contributed by atoms with E-state index >= 15 is 0 Å². The van der Waals surface area contributed by atoms with Crippen molar-refractivity contribution >= 4 is 29.2 Å². The monoisotopic (exact) mass is 281 g/mol. The van der Waals surface area contributed by atoms with Crippen molar-refractivity contribution in [2.45, 2.75) is 30.3 Å². The molecule has 0 aliphatic carbocycles. The van der Waals surface area contributed by atoms with Gasteiger partial charge in [-0.2, -0.15) is 0 Å². The van der Waals surface area contributed by atoms with Crippen LogP contribution in [0, 0.1) is 0 Å². The van der Waals surface area contributed by atoms with Crippen molar-refractivity contribution in [1.29, 1.82) is 0 Å². The minimum Gasteiger partial charge on any atom is -0.356 e. The number of rotatable bonds is 3. The van der Waals surface area contributed by atoms with E-state index in [2.05, 4.69) is 27.4 Å². The van der Waals surface area contributed by atoms with Crippen molar-refractivity contribution in [2.75, 3.05) is 24.7 Å². The van der Waals surface area contributed by atoms with Gasteiger partial charge in [-0.15, -0.1) is 0 Å². The lowest BCUT2D eigenvalue weighted by atomic mass is 10.2. The molecular formula is C12H19N5OS. The number of urea groups is 1. The Labute approximate surface area is 117 Å². The molecule has 4 N–H and O–H groups in total.